The van der Waals surface area contributed by atoms with Gasteiger partial charge in [-0.2, -0.15) is 0 Å². The smallest absolute Gasteiger partial charge is 0.224 e. The van der Waals surface area contributed by atoms with Crippen molar-refractivity contribution < 1.29 is 9.53 Å². The molecule has 1 amide bonds. The lowest BCUT2D eigenvalue weighted by Crippen LogP contribution is -2.40. The molecule has 20 heavy (non-hydrogen) atoms. The second kappa shape index (κ2) is 6.75. The molecule has 0 radical (unpaired) electrons. The SMILES string of the molecule is COc1ccc(CN(C)C(=O)CC(N)C(C)(C)C)cc1. The van der Waals surface area contributed by atoms with Gasteiger partial charge in [0.15, 0.2) is 0 Å². The van der Waals surface area contributed by atoms with Gasteiger partial charge in [-0.25, -0.2) is 0 Å². The molecule has 1 atom stereocenters. The summed E-state index contributed by atoms with van der Waals surface area (Å²) in [6.07, 6.45) is 0.371. The van der Waals surface area contributed by atoms with Crippen molar-refractivity contribution in [2.24, 2.45) is 11.1 Å². The third-order valence-electron chi connectivity index (χ3n) is 3.51. The summed E-state index contributed by atoms with van der Waals surface area (Å²) in [5.41, 5.74) is 7.07. The van der Waals surface area contributed by atoms with E-state index in [2.05, 4.69) is 20.8 Å². The fourth-order valence-corrected chi connectivity index (χ4v) is 1.74. The minimum atomic E-state index is -0.131. The van der Waals surface area contributed by atoms with Gasteiger partial charge in [0.1, 0.15) is 5.75 Å². The normalized spacial score (nSPS) is 12.9. The zero-order valence-electron chi connectivity index (χ0n) is 13.1. The predicted octanol–water partition coefficient (Wildman–Crippen LogP) is 2.42. The maximum atomic E-state index is 12.1. The van der Waals surface area contributed by atoms with Gasteiger partial charge in [0.05, 0.1) is 7.11 Å². The van der Waals surface area contributed by atoms with E-state index in [9.17, 15) is 4.79 Å². The van der Waals surface area contributed by atoms with Crippen LogP contribution in [0.4, 0.5) is 0 Å². The van der Waals surface area contributed by atoms with Crippen molar-refractivity contribution in [3.05, 3.63) is 29.8 Å². The van der Waals surface area contributed by atoms with Crippen LogP contribution in [-0.4, -0.2) is 31.0 Å². The molecular weight excluding hydrogens is 252 g/mol. The fraction of sp³-hybridized carbons (Fsp3) is 0.562. The van der Waals surface area contributed by atoms with Gasteiger partial charge < -0.3 is 15.4 Å². The van der Waals surface area contributed by atoms with Gasteiger partial charge in [-0.1, -0.05) is 32.9 Å². The first-order valence-electron chi connectivity index (χ1n) is 6.86. The second-order valence-electron chi connectivity index (χ2n) is 6.27. The highest BCUT2D eigenvalue weighted by Gasteiger charge is 2.24. The minimum Gasteiger partial charge on any atom is -0.497 e. The summed E-state index contributed by atoms with van der Waals surface area (Å²) in [5, 5.41) is 0. The molecule has 0 fully saturated rings. The average molecular weight is 278 g/mol. The Bertz CT molecular complexity index is 435. The molecule has 2 N–H and O–H groups in total. The van der Waals surface area contributed by atoms with Crippen LogP contribution in [0.3, 0.4) is 0 Å². The molecule has 0 spiro atoms. The Morgan fingerprint density at radius 3 is 2.30 bits per heavy atom. The quantitative estimate of drug-likeness (QED) is 0.900. The summed E-state index contributed by atoms with van der Waals surface area (Å²) in [6, 6.07) is 7.59. The van der Waals surface area contributed by atoms with E-state index in [-0.39, 0.29) is 17.4 Å². The molecule has 4 nitrogen and oxygen atoms in total. The number of hydrogen-bond donors (Lipinski definition) is 1. The summed E-state index contributed by atoms with van der Waals surface area (Å²) in [6.45, 7) is 6.73. The first-order valence-corrected chi connectivity index (χ1v) is 6.86. The van der Waals surface area contributed by atoms with Gasteiger partial charge in [-0.05, 0) is 23.1 Å². The molecule has 1 rings (SSSR count). The molecular formula is C16H26N2O2. The van der Waals surface area contributed by atoms with Gasteiger partial charge in [0.2, 0.25) is 5.91 Å². The first kappa shape index (κ1) is 16.5. The van der Waals surface area contributed by atoms with Crippen LogP contribution in [0, 0.1) is 5.41 Å². The zero-order chi connectivity index (χ0) is 15.3. The molecule has 0 aromatic heterocycles. The number of nitrogens with zero attached hydrogens (tertiary/aromatic N) is 1. The van der Waals surface area contributed by atoms with Crippen LogP contribution in [0.5, 0.6) is 5.75 Å². The van der Waals surface area contributed by atoms with Crippen LogP contribution in [0.25, 0.3) is 0 Å². The molecule has 0 saturated heterocycles. The molecule has 1 aromatic carbocycles. The minimum absolute atomic E-state index is 0.0589. The zero-order valence-corrected chi connectivity index (χ0v) is 13.1. The highest BCUT2D eigenvalue weighted by Crippen LogP contribution is 2.20. The van der Waals surface area contributed by atoms with Gasteiger partial charge in [-0.3, -0.25) is 4.79 Å². The number of rotatable bonds is 5. The van der Waals surface area contributed by atoms with Gasteiger partial charge >= 0.3 is 0 Å². The largest absolute Gasteiger partial charge is 0.497 e. The third-order valence-corrected chi connectivity index (χ3v) is 3.51. The summed E-state index contributed by atoms with van der Waals surface area (Å²) in [4.78, 5) is 13.9. The Balaban J connectivity index is 2.57. The Morgan fingerprint density at radius 1 is 1.30 bits per heavy atom. The number of amides is 1. The molecule has 0 aliphatic heterocycles. The van der Waals surface area contributed by atoms with E-state index in [0.29, 0.717) is 13.0 Å². The van der Waals surface area contributed by atoms with Crippen LogP contribution in [-0.2, 0) is 11.3 Å². The molecule has 0 aliphatic rings. The number of carbonyl (C=O) groups is 1. The van der Waals surface area contributed by atoms with Gasteiger partial charge in [-0.15, -0.1) is 0 Å². The van der Waals surface area contributed by atoms with Crippen molar-refractivity contribution in [3.63, 3.8) is 0 Å². The first-order chi connectivity index (χ1) is 9.24. The van der Waals surface area contributed by atoms with E-state index in [1.165, 1.54) is 0 Å². The lowest BCUT2D eigenvalue weighted by molar-refractivity contribution is -0.131. The number of ether oxygens (including phenoxy) is 1. The molecule has 0 aliphatic carbocycles. The number of benzene rings is 1. The molecule has 0 heterocycles. The van der Waals surface area contributed by atoms with Crippen LogP contribution in [0.15, 0.2) is 24.3 Å². The van der Waals surface area contributed by atoms with E-state index in [1.54, 1.807) is 12.0 Å². The maximum absolute atomic E-state index is 12.1. The highest BCUT2D eigenvalue weighted by atomic mass is 16.5. The molecule has 1 unspecified atom stereocenters. The summed E-state index contributed by atoms with van der Waals surface area (Å²) < 4.78 is 5.11. The number of methoxy groups -OCH3 is 1. The standard InChI is InChI=1S/C16H26N2O2/c1-16(2,3)14(17)10-15(19)18(4)11-12-6-8-13(20-5)9-7-12/h6-9,14H,10-11,17H2,1-5H3. The number of carbonyl (C=O) groups excluding carboxylic acids is 1. The van der Waals surface area contributed by atoms with Crippen LogP contribution < -0.4 is 10.5 Å². The molecule has 4 heteroatoms. The van der Waals surface area contributed by atoms with Gasteiger partial charge in [0, 0.05) is 26.1 Å². The van der Waals surface area contributed by atoms with Crippen LogP contribution in [0.2, 0.25) is 0 Å². The molecule has 0 bridgehead atoms. The number of nitrogens with two attached hydrogens (primary N) is 1. The van der Waals surface area contributed by atoms with E-state index >= 15 is 0 Å². The Kier molecular flexibility index (Phi) is 5.57. The lowest BCUT2D eigenvalue weighted by atomic mass is 9.85. The molecule has 0 saturated carbocycles. The average Bonchev–Trinajstić information content (AvgIpc) is 2.38. The summed E-state index contributed by atoms with van der Waals surface area (Å²) in [5.74, 6) is 0.890. The summed E-state index contributed by atoms with van der Waals surface area (Å²) >= 11 is 0. The molecule has 1 aromatic rings. The van der Waals surface area contributed by atoms with Crippen LogP contribution in [0.1, 0.15) is 32.8 Å². The van der Waals surface area contributed by atoms with E-state index in [4.69, 9.17) is 10.5 Å². The Labute approximate surface area is 121 Å². The van der Waals surface area contributed by atoms with Crippen LogP contribution >= 0.6 is 0 Å². The number of hydrogen-bond acceptors (Lipinski definition) is 3. The van der Waals surface area contributed by atoms with Crippen molar-refractivity contribution >= 4 is 5.91 Å². The monoisotopic (exact) mass is 278 g/mol. The van der Waals surface area contributed by atoms with Crippen molar-refractivity contribution in [2.45, 2.75) is 39.8 Å². The Hall–Kier alpha value is -1.55. The summed E-state index contributed by atoms with van der Waals surface area (Å²) in [7, 11) is 3.44. The van der Waals surface area contributed by atoms with E-state index < -0.39 is 0 Å². The maximum Gasteiger partial charge on any atom is 0.224 e. The Morgan fingerprint density at radius 2 is 1.85 bits per heavy atom. The van der Waals surface area contributed by atoms with Gasteiger partial charge in [0.25, 0.3) is 0 Å². The third kappa shape index (κ3) is 4.85. The highest BCUT2D eigenvalue weighted by molar-refractivity contribution is 5.76. The topological polar surface area (TPSA) is 55.6 Å². The van der Waals surface area contributed by atoms with E-state index in [1.807, 2.05) is 31.3 Å². The van der Waals surface area contributed by atoms with Crippen molar-refractivity contribution in [1.82, 2.24) is 4.90 Å². The lowest BCUT2D eigenvalue weighted by Gasteiger charge is -2.28. The second-order valence-corrected chi connectivity index (χ2v) is 6.27. The molecule has 112 valence electrons. The predicted molar refractivity (Wildman–Crippen MR) is 81.5 cm³/mol. The van der Waals surface area contributed by atoms with E-state index in [0.717, 1.165) is 11.3 Å². The van der Waals surface area contributed by atoms with Crippen molar-refractivity contribution in [1.29, 1.82) is 0 Å². The van der Waals surface area contributed by atoms with Crippen molar-refractivity contribution in [3.8, 4) is 5.75 Å². The van der Waals surface area contributed by atoms with Crippen molar-refractivity contribution in [2.75, 3.05) is 14.2 Å². The fourth-order valence-electron chi connectivity index (χ4n) is 1.74.